The van der Waals surface area contributed by atoms with Gasteiger partial charge in [-0.2, -0.15) is 0 Å². The van der Waals surface area contributed by atoms with Crippen molar-refractivity contribution in [3.63, 3.8) is 0 Å². The van der Waals surface area contributed by atoms with E-state index in [4.69, 9.17) is 4.74 Å². The largest absolute Gasteiger partial charge is 0.450 e. The highest BCUT2D eigenvalue weighted by Crippen LogP contribution is 2.43. The summed E-state index contributed by atoms with van der Waals surface area (Å²) in [5.41, 5.74) is 0.890. The highest BCUT2D eigenvalue weighted by Gasteiger charge is 2.47. The molecule has 0 aromatic heterocycles. The molecule has 1 aromatic rings. The van der Waals surface area contributed by atoms with Gasteiger partial charge in [0.2, 0.25) is 5.91 Å². The number of piperidine rings is 1. The predicted molar refractivity (Wildman–Crippen MR) is 73.6 cm³/mol. The molecule has 0 radical (unpaired) electrons. The zero-order valence-electron chi connectivity index (χ0n) is 11.7. The number of amides is 3. The van der Waals surface area contributed by atoms with E-state index in [1.165, 1.54) is 6.92 Å². The fourth-order valence-corrected chi connectivity index (χ4v) is 3.02. The standard InChI is InChI=1S/C15H16N2O4/c1-10(18)16-14(20)17-8-6-15(7-9-17)12-5-3-2-4-11(12)13(19)21-15/h2-5H,6-9H2,1H3,(H,16,18,20). The van der Waals surface area contributed by atoms with Crippen LogP contribution in [-0.4, -0.2) is 35.9 Å². The second-order valence-electron chi connectivity index (χ2n) is 5.40. The van der Waals surface area contributed by atoms with Gasteiger partial charge < -0.3 is 9.64 Å². The van der Waals surface area contributed by atoms with Crippen molar-refractivity contribution in [2.75, 3.05) is 13.1 Å². The number of esters is 1. The smallest absolute Gasteiger partial charge is 0.339 e. The third-order valence-electron chi connectivity index (χ3n) is 4.07. The van der Waals surface area contributed by atoms with Crippen LogP contribution in [0, 0.1) is 0 Å². The van der Waals surface area contributed by atoms with E-state index in [9.17, 15) is 14.4 Å². The molecule has 6 heteroatoms. The van der Waals surface area contributed by atoms with Crippen molar-refractivity contribution in [1.82, 2.24) is 10.2 Å². The molecule has 0 unspecified atom stereocenters. The Labute approximate surface area is 122 Å². The van der Waals surface area contributed by atoms with Crippen LogP contribution in [0.25, 0.3) is 0 Å². The van der Waals surface area contributed by atoms with Gasteiger partial charge in [-0.05, 0) is 6.07 Å². The molecule has 1 N–H and O–H groups in total. The minimum Gasteiger partial charge on any atom is -0.450 e. The zero-order chi connectivity index (χ0) is 15.0. The van der Waals surface area contributed by atoms with Gasteiger partial charge >= 0.3 is 12.0 Å². The van der Waals surface area contributed by atoms with E-state index in [1.54, 1.807) is 11.0 Å². The van der Waals surface area contributed by atoms with Crippen LogP contribution in [0.3, 0.4) is 0 Å². The fourth-order valence-electron chi connectivity index (χ4n) is 3.02. The van der Waals surface area contributed by atoms with Gasteiger partial charge in [-0.1, -0.05) is 18.2 Å². The summed E-state index contributed by atoms with van der Waals surface area (Å²) in [7, 11) is 0. The average Bonchev–Trinajstić information content (AvgIpc) is 2.72. The molecular formula is C15H16N2O4. The molecule has 3 amide bonds. The number of nitrogens with one attached hydrogen (secondary N) is 1. The third kappa shape index (κ3) is 2.26. The quantitative estimate of drug-likeness (QED) is 0.732. The van der Waals surface area contributed by atoms with E-state index < -0.39 is 11.6 Å². The molecule has 1 saturated heterocycles. The number of ether oxygens (including phenoxy) is 1. The maximum Gasteiger partial charge on any atom is 0.339 e. The first-order chi connectivity index (χ1) is 10.0. The van der Waals surface area contributed by atoms with Gasteiger partial charge in [-0.3, -0.25) is 10.1 Å². The summed E-state index contributed by atoms with van der Waals surface area (Å²) < 4.78 is 5.61. The van der Waals surface area contributed by atoms with Crippen molar-refractivity contribution in [3.8, 4) is 0 Å². The lowest BCUT2D eigenvalue weighted by Gasteiger charge is -2.38. The van der Waals surface area contributed by atoms with E-state index in [1.807, 2.05) is 18.2 Å². The molecule has 2 aliphatic heterocycles. The van der Waals surface area contributed by atoms with E-state index in [0.717, 1.165) is 5.56 Å². The minimum atomic E-state index is -0.624. The summed E-state index contributed by atoms with van der Waals surface area (Å²) in [6.45, 7) is 2.19. The summed E-state index contributed by atoms with van der Waals surface area (Å²) in [6, 6.07) is 6.98. The maximum atomic E-state index is 11.9. The van der Waals surface area contributed by atoms with Gasteiger partial charge in [-0.25, -0.2) is 9.59 Å². The first-order valence-corrected chi connectivity index (χ1v) is 6.91. The van der Waals surface area contributed by atoms with Gasteiger partial charge in [0.05, 0.1) is 5.56 Å². The van der Waals surface area contributed by atoms with E-state index >= 15 is 0 Å². The Kier molecular flexibility index (Phi) is 3.16. The van der Waals surface area contributed by atoms with Gasteiger partial charge in [-0.15, -0.1) is 0 Å². The Morgan fingerprint density at radius 2 is 1.90 bits per heavy atom. The zero-order valence-corrected chi connectivity index (χ0v) is 11.7. The number of rotatable bonds is 0. The number of fused-ring (bicyclic) bond motifs is 2. The number of carbonyl (C=O) groups excluding carboxylic acids is 3. The molecule has 0 saturated carbocycles. The topological polar surface area (TPSA) is 75.7 Å². The average molecular weight is 288 g/mol. The maximum absolute atomic E-state index is 11.9. The highest BCUT2D eigenvalue weighted by atomic mass is 16.6. The molecular weight excluding hydrogens is 272 g/mol. The summed E-state index contributed by atoms with van der Waals surface area (Å²) in [6.07, 6.45) is 1.09. The Morgan fingerprint density at radius 3 is 2.57 bits per heavy atom. The molecule has 0 aliphatic carbocycles. The molecule has 0 atom stereocenters. The van der Waals surface area contributed by atoms with Crippen molar-refractivity contribution in [1.29, 1.82) is 0 Å². The fraction of sp³-hybridized carbons (Fsp3) is 0.400. The van der Waals surface area contributed by atoms with Crippen molar-refractivity contribution in [2.45, 2.75) is 25.4 Å². The molecule has 110 valence electrons. The monoisotopic (exact) mass is 288 g/mol. The lowest BCUT2D eigenvalue weighted by molar-refractivity contribution is -0.118. The summed E-state index contributed by atoms with van der Waals surface area (Å²) in [4.78, 5) is 36.2. The number of imide groups is 1. The van der Waals surface area contributed by atoms with Crippen LogP contribution in [0.15, 0.2) is 24.3 Å². The lowest BCUT2D eigenvalue weighted by atomic mass is 9.84. The summed E-state index contributed by atoms with van der Waals surface area (Å²) in [5, 5.41) is 2.26. The molecule has 6 nitrogen and oxygen atoms in total. The van der Waals surface area contributed by atoms with Gasteiger partial charge in [0.25, 0.3) is 0 Å². The predicted octanol–water partition coefficient (Wildman–Crippen LogP) is 1.40. The SMILES string of the molecule is CC(=O)NC(=O)N1CCC2(CC1)OC(=O)c1ccccc12. The van der Waals surface area contributed by atoms with Crippen LogP contribution in [0.5, 0.6) is 0 Å². The van der Waals surface area contributed by atoms with Crippen LogP contribution in [0.2, 0.25) is 0 Å². The molecule has 0 bridgehead atoms. The molecule has 21 heavy (non-hydrogen) atoms. The van der Waals surface area contributed by atoms with Crippen molar-refractivity contribution >= 4 is 17.9 Å². The Bertz CT molecular complexity index is 618. The first kappa shape index (κ1) is 13.6. The van der Waals surface area contributed by atoms with Gasteiger partial charge in [0.15, 0.2) is 0 Å². The number of carbonyl (C=O) groups is 3. The molecule has 1 fully saturated rings. The van der Waals surface area contributed by atoms with Crippen molar-refractivity contribution in [2.24, 2.45) is 0 Å². The summed E-state index contributed by atoms with van der Waals surface area (Å²) >= 11 is 0. The van der Waals surface area contributed by atoms with Crippen LogP contribution in [0.4, 0.5) is 4.79 Å². The van der Waals surface area contributed by atoms with Crippen molar-refractivity contribution < 1.29 is 19.1 Å². The molecule has 3 rings (SSSR count). The second-order valence-corrected chi connectivity index (χ2v) is 5.40. The molecule has 2 aliphatic rings. The third-order valence-corrected chi connectivity index (χ3v) is 4.07. The molecule has 2 heterocycles. The molecule has 1 aromatic carbocycles. The van der Waals surface area contributed by atoms with Crippen LogP contribution in [0.1, 0.15) is 35.7 Å². The Hall–Kier alpha value is -2.37. The second kappa shape index (κ2) is 4.87. The highest BCUT2D eigenvalue weighted by molar-refractivity contribution is 5.95. The minimum absolute atomic E-state index is 0.299. The van der Waals surface area contributed by atoms with E-state index in [2.05, 4.69) is 5.32 Å². The molecule has 1 spiro atoms. The number of nitrogens with zero attached hydrogens (tertiary/aromatic N) is 1. The number of likely N-dealkylation sites (tertiary alicyclic amines) is 1. The number of hydrogen-bond acceptors (Lipinski definition) is 4. The number of urea groups is 1. The van der Waals surface area contributed by atoms with Crippen LogP contribution >= 0.6 is 0 Å². The number of hydrogen-bond donors (Lipinski definition) is 1. The first-order valence-electron chi connectivity index (χ1n) is 6.91. The van der Waals surface area contributed by atoms with E-state index in [0.29, 0.717) is 31.5 Å². The van der Waals surface area contributed by atoms with Crippen LogP contribution in [-0.2, 0) is 15.1 Å². The number of benzene rings is 1. The van der Waals surface area contributed by atoms with Crippen LogP contribution < -0.4 is 5.32 Å². The van der Waals surface area contributed by atoms with Gasteiger partial charge in [0.1, 0.15) is 5.60 Å². The van der Waals surface area contributed by atoms with Gasteiger partial charge in [0, 0.05) is 38.4 Å². The van der Waals surface area contributed by atoms with E-state index in [-0.39, 0.29) is 11.9 Å². The Morgan fingerprint density at radius 1 is 1.24 bits per heavy atom. The van der Waals surface area contributed by atoms with Crippen molar-refractivity contribution in [3.05, 3.63) is 35.4 Å². The Balaban J connectivity index is 1.76. The normalized spacial score (nSPS) is 19.1. The lowest BCUT2D eigenvalue weighted by Crippen LogP contribution is -2.49. The summed E-state index contributed by atoms with van der Waals surface area (Å²) in [5.74, 6) is -0.676.